The summed E-state index contributed by atoms with van der Waals surface area (Å²) in [6, 6.07) is 0. The van der Waals surface area contributed by atoms with Crippen LogP contribution in [0.5, 0.6) is 0 Å². The van der Waals surface area contributed by atoms with Gasteiger partial charge in [0.05, 0.1) is 18.7 Å². The first-order chi connectivity index (χ1) is 13.1. The molecule has 0 radical (unpaired) electrons. The maximum atomic E-state index is 12.4. The lowest BCUT2D eigenvalue weighted by Crippen LogP contribution is -2.19. The number of nitrogens with one attached hydrogen (secondary N) is 3. The van der Waals surface area contributed by atoms with Gasteiger partial charge in [-0.2, -0.15) is 0 Å². The Morgan fingerprint density at radius 1 is 1.33 bits per heavy atom. The smallest absolute Gasteiger partial charge is 0.279 e. The van der Waals surface area contributed by atoms with E-state index in [0.29, 0.717) is 30.1 Å². The van der Waals surface area contributed by atoms with Gasteiger partial charge in [-0.3, -0.25) is 19.9 Å². The lowest BCUT2D eigenvalue weighted by Gasteiger charge is -2.19. The molecule has 1 atom stereocenters. The average Bonchev–Trinajstić information content (AvgIpc) is 3.07. The van der Waals surface area contributed by atoms with Crippen LogP contribution in [0.15, 0.2) is 9.32 Å². The maximum absolute atomic E-state index is 12.4. The van der Waals surface area contributed by atoms with Gasteiger partial charge in [0.15, 0.2) is 17.3 Å². The fraction of sp³-hybridized carbons (Fsp3) is 0.556. The first-order valence-corrected chi connectivity index (χ1v) is 9.23. The Morgan fingerprint density at radius 3 is 2.81 bits per heavy atom. The number of aromatic nitrogens is 3. The van der Waals surface area contributed by atoms with Crippen molar-refractivity contribution < 1.29 is 14.2 Å². The van der Waals surface area contributed by atoms with E-state index in [1.165, 1.54) is 7.11 Å². The van der Waals surface area contributed by atoms with Gasteiger partial charge in [0, 0.05) is 19.0 Å². The highest BCUT2D eigenvalue weighted by Gasteiger charge is 2.31. The fourth-order valence-electron chi connectivity index (χ4n) is 3.50. The molecule has 1 aliphatic carbocycles. The van der Waals surface area contributed by atoms with E-state index >= 15 is 0 Å². The summed E-state index contributed by atoms with van der Waals surface area (Å²) in [5.41, 5.74) is 3.81. The van der Waals surface area contributed by atoms with E-state index in [4.69, 9.17) is 9.36 Å². The van der Waals surface area contributed by atoms with Crippen LogP contribution in [0.1, 0.15) is 56.2 Å². The van der Waals surface area contributed by atoms with Crippen molar-refractivity contribution >= 4 is 17.3 Å². The lowest BCUT2D eigenvalue weighted by molar-refractivity contribution is -0.122. The molecule has 0 aromatic carbocycles. The summed E-state index contributed by atoms with van der Waals surface area (Å²) in [5, 5.41) is 7.08. The van der Waals surface area contributed by atoms with Crippen LogP contribution >= 0.6 is 0 Å². The maximum Gasteiger partial charge on any atom is 0.279 e. The van der Waals surface area contributed by atoms with Crippen molar-refractivity contribution in [2.75, 3.05) is 25.0 Å². The van der Waals surface area contributed by atoms with Gasteiger partial charge in [0.25, 0.3) is 5.56 Å². The monoisotopic (exact) mass is 375 g/mol. The molecule has 9 nitrogen and oxygen atoms in total. The number of H-pyrrole nitrogens is 1. The molecule has 1 saturated carbocycles. The number of nitrogens with zero attached hydrogens (tertiary/aromatic N) is 2. The topological polar surface area (TPSA) is 122 Å². The van der Waals surface area contributed by atoms with Crippen LogP contribution in [-0.4, -0.2) is 35.1 Å². The Kier molecular flexibility index (Phi) is 5.90. The summed E-state index contributed by atoms with van der Waals surface area (Å²) in [4.78, 5) is 36.8. The van der Waals surface area contributed by atoms with Crippen molar-refractivity contribution in [3.8, 4) is 11.6 Å². The standard InChI is InChI=1S/C18H25N5O4/c1-4-7-11-13(10-8-5-6-9-12(10)24)23-27-15(11)17-20-16(19-2)14(22-26-3)18(25)21-17/h10,22H,4-9H2,1-3H3,(H2,19,20,21,25)/t10-/m0/s1. The van der Waals surface area contributed by atoms with Crippen LogP contribution in [0.3, 0.4) is 0 Å². The molecule has 2 heterocycles. The van der Waals surface area contributed by atoms with Crippen molar-refractivity contribution in [3.63, 3.8) is 0 Å². The van der Waals surface area contributed by atoms with E-state index in [-0.39, 0.29) is 23.2 Å². The van der Waals surface area contributed by atoms with E-state index in [9.17, 15) is 9.59 Å². The van der Waals surface area contributed by atoms with Crippen molar-refractivity contribution in [1.82, 2.24) is 15.1 Å². The third-order valence-electron chi connectivity index (χ3n) is 4.78. The lowest BCUT2D eigenvalue weighted by atomic mass is 9.83. The third kappa shape index (κ3) is 3.73. The van der Waals surface area contributed by atoms with Crippen molar-refractivity contribution in [1.29, 1.82) is 0 Å². The fourth-order valence-corrected chi connectivity index (χ4v) is 3.50. The number of rotatable bonds is 7. The first kappa shape index (κ1) is 19.1. The summed E-state index contributed by atoms with van der Waals surface area (Å²) in [5.74, 6) is 0.974. The highest BCUT2D eigenvalue weighted by atomic mass is 16.6. The predicted molar refractivity (Wildman–Crippen MR) is 101 cm³/mol. The van der Waals surface area contributed by atoms with E-state index in [1.807, 2.05) is 6.92 Å². The summed E-state index contributed by atoms with van der Waals surface area (Å²) >= 11 is 0. The van der Waals surface area contributed by atoms with E-state index in [0.717, 1.165) is 31.2 Å². The Morgan fingerprint density at radius 2 is 2.15 bits per heavy atom. The zero-order chi connectivity index (χ0) is 19.4. The number of Topliss-reactive ketones (excluding diaryl/α,β-unsaturated/α-hetero) is 1. The summed E-state index contributed by atoms with van der Waals surface area (Å²) in [6.07, 6.45) is 4.83. The van der Waals surface area contributed by atoms with Gasteiger partial charge in [-0.25, -0.2) is 4.98 Å². The minimum Gasteiger partial charge on any atom is -0.371 e. The Hall–Kier alpha value is -2.68. The van der Waals surface area contributed by atoms with Crippen LogP contribution in [-0.2, 0) is 16.1 Å². The SMILES string of the molecule is CCCc1c([C@H]2CCCCC2=O)noc1-c1nc(NC)c(NOC)c(=O)[nH]1. The van der Waals surface area contributed by atoms with Gasteiger partial charge in [-0.05, 0) is 19.3 Å². The molecule has 0 unspecified atom stereocenters. The van der Waals surface area contributed by atoms with Crippen LogP contribution in [0.4, 0.5) is 11.5 Å². The molecule has 3 N–H and O–H groups in total. The second kappa shape index (κ2) is 8.34. The van der Waals surface area contributed by atoms with Crippen LogP contribution < -0.4 is 16.4 Å². The molecule has 3 rings (SSSR count). The first-order valence-electron chi connectivity index (χ1n) is 9.23. The molecule has 9 heteroatoms. The van der Waals surface area contributed by atoms with E-state index < -0.39 is 5.56 Å². The minimum atomic E-state index is -0.402. The molecular weight excluding hydrogens is 350 g/mol. The second-order valence-corrected chi connectivity index (χ2v) is 6.58. The molecule has 1 fully saturated rings. The highest BCUT2D eigenvalue weighted by molar-refractivity contribution is 5.86. The number of hydrogen-bond donors (Lipinski definition) is 3. The minimum absolute atomic E-state index is 0.169. The number of ketones is 1. The quantitative estimate of drug-likeness (QED) is 0.631. The van der Waals surface area contributed by atoms with Gasteiger partial charge >= 0.3 is 0 Å². The molecule has 0 saturated heterocycles. The predicted octanol–water partition coefficient (Wildman–Crippen LogP) is 2.62. The Bertz CT molecular complexity index is 873. The average molecular weight is 375 g/mol. The summed E-state index contributed by atoms with van der Waals surface area (Å²) < 4.78 is 5.58. The van der Waals surface area contributed by atoms with Crippen molar-refractivity contribution in [2.45, 2.75) is 51.4 Å². The van der Waals surface area contributed by atoms with Crippen molar-refractivity contribution in [3.05, 3.63) is 21.6 Å². The largest absolute Gasteiger partial charge is 0.371 e. The molecule has 2 aromatic heterocycles. The van der Waals surface area contributed by atoms with Gasteiger partial charge < -0.3 is 14.8 Å². The molecule has 1 aliphatic rings. The van der Waals surface area contributed by atoms with Gasteiger partial charge in [0.1, 0.15) is 5.78 Å². The van der Waals surface area contributed by atoms with Crippen LogP contribution in [0, 0.1) is 0 Å². The number of anilines is 2. The normalized spacial score (nSPS) is 17.1. The number of hydrogen-bond acceptors (Lipinski definition) is 8. The third-order valence-corrected chi connectivity index (χ3v) is 4.78. The second-order valence-electron chi connectivity index (χ2n) is 6.58. The molecule has 2 aromatic rings. The van der Waals surface area contributed by atoms with Crippen molar-refractivity contribution in [2.24, 2.45) is 0 Å². The molecule has 0 bridgehead atoms. The van der Waals surface area contributed by atoms with Gasteiger partial charge in [0.2, 0.25) is 5.76 Å². The van der Waals surface area contributed by atoms with Crippen LogP contribution in [0.25, 0.3) is 11.6 Å². The molecule has 0 aliphatic heterocycles. The zero-order valence-electron chi connectivity index (χ0n) is 15.8. The summed E-state index contributed by atoms with van der Waals surface area (Å²) in [7, 11) is 3.07. The Labute approximate surface area is 156 Å². The van der Waals surface area contributed by atoms with Gasteiger partial charge in [-0.15, -0.1) is 0 Å². The number of carbonyl (C=O) groups excluding carboxylic acids is 1. The number of carbonyl (C=O) groups is 1. The molecule has 0 spiro atoms. The Balaban J connectivity index is 2.08. The highest BCUT2D eigenvalue weighted by Crippen LogP contribution is 2.36. The summed E-state index contributed by atoms with van der Waals surface area (Å²) in [6.45, 7) is 2.05. The number of aromatic amines is 1. The van der Waals surface area contributed by atoms with Crippen LogP contribution in [0.2, 0.25) is 0 Å². The van der Waals surface area contributed by atoms with Gasteiger partial charge in [-0.1, -0.05) is 24.9 Å². The molecular formula is C18H25N5O4. The molecule has 27 heavy (non-hydrogen) atoms. The molecule has 146 valence electrons. The zero-order valence-corrected chi connectivity index (χ0v) is 15.8. The molecule has 0 amide bonds. The van der Waals surface area contributed by atoms with E-state index in [2.05, 4.69) is 25.9 Å². The van der Waals surface area contributed by atoms with E-state index in [1.54, 1.807) is 7.05 Å².